The van der Waals surface area contributed by atoms with Crippen LogP contribution in [0.25, 0.3) is 0 Å². The maximum Gasteiger partial charge on any atom is 0.416 e. The fourth-order valence-electron chi connectivity index (χ4n) is 4.24. The van der Waals surface area contributed by atoms with Crippen LogP contribution in [0, 0.1) is 0 Å². The van der Waals surface area contributed by atoms with Crippen molar-refractivity contribution >= 4 is 17.9 Å². The lowest BCUT2D eigenvalue weighted by Gasteiger charge is -2.31. The van der Waals surface area contributed by atoms with E-state index in [9.17, 15) is 18.0 Å². The normalized spacial score (nSPS) is 20.5. The van der Waals surface area contributed by atoms with E-state index in [0.717, 1.165) is 67.1 Å². The molecule has 3 rings (SSSR count). The zero-order valence-corrected chi connectivity index (χ0v) is 19.8. The largest absolute Gasteiger partial charge is 0.481 e. The third-order valence-corrected chi connectivity index (χ3v) is 7.34. The Hall–Kier alpha value is -2.03. The van der Waals surface area contributed by atoms with Gasteiger partial charge in [0.15, 0.2) is 0 Å². The molecule has 1 N–H and O–H groups in total. The number of alkyl halides is 3. The second-order valence-corrected chi connectivity index (χ2v) is 9.83. The standard InChI is InChI=1S/C25H31F3N2O2S/c1-18-12-14-29(13-4-6-20-8-10-22(11-9-20)25(26,27)28)17-19(2)30(18)33-23-7-3-5-21(15-23)16-24(31)32/h3,5,7-11,15,18-19H,4,6,12-14,16-17H2,1-2H3,(H,31,32). The number of rotatable bonds is 8. The minimum Gasteiger partial charge on any atom is -0.481 e. The van der Waals surface area contributed by atoms with Gasteiger partial charge >= 0.3 is 12.1 Å². The maximum atomic E-state index is 12.7. The molecule has 1 heterocycles. The first kappa shape index (κ1) is 25.6. The van der Waals surface area contributed by atoms with Gasteiger partial charge < -0.3 is 10.0 Å². The molecule has 180 valence electrons. The third-order valence-electron chi connectivity index (χ3n) is 5.94. The van der Waals surface area contributed by atoms with Crippen molar-refractivity contribution in [2.45, 2.75) is 62.7 Å². The van der Waals surface area contributed by atoms with E-state index in [2.05, 4.69) is 23.1 Å². The number of nitrogens with zero attached hydrogens (tertiary/aromatic N) is 2. The Labute approximate surface area is 197 Å². The molecular formula is C25H31F3N2O2S. The van der Waals surface area contributed by atoms with Gasteiger partial charge in [0.1, 0.15) is 0 Å². The highest BCUT2D eigenvalue weighted by atomic mass is 32.2. The first-order chi connectivity index (χ1) is 15.6. The van der Waals surface area contributed by atoms with Gasteiger partial charge in [-0.1, -0.05) is 24.3 Å². The number of aryl methyl sites for hydroxylation is 1. The van der Waals surface area contributed by atoms with Crippen molar-refractivity contribution in [2.75, 3.05) is 19.6 Å². The molecule has 0 bridgehead atoms. The van der Waals surface area contributed by atoms with Crippen LogP contribution in [0.3, 0.4) is 0 Å². The lowest BCUT2D eigenvalue weighted by atomic mass is 10.1. The van der Waals surface area contributed by atoms with Gasteiger partial charge in [-0.2, -0.15) is 13.2 Å². The van der Waals surface area contributed by atoms with E-state index < -0.39 is 17.7 Å². The number of carboxylic acids is 1. The molecule has 33 heavy (non-hydrogen) atoms. The summed E-state index contributed by atoms with van der Waals surface area (Å²) >= 11 is 1.68. The van der Waals surface area contributed by atoms with Crippen molar-refractivity contribution in [2.24, 2.45) is 0 Å². The maximum absolute atomic E-state index is 12.7. The molecule has 0 spiro atoms. The van der Waals surface area contributed by atoms with Crippen LogP contribution in [-0.2, 0) is 23.8 Å². The first-order valence-electron chi connectivity index (χ1n) is 11.3. The average molecular weight is 481 g/mol. The molecule has 0 aromatic heterocycles. The highest BCUT2D eigenvalue weighted by Gasteiger charge is 2.30. The molecule has 0 aliphatic carbocycles. The summed E-state index contributed by atoms with van der Waals surface area (Å²) in [5.41, 5.74) is 1.12. The Morgan fingerprint density at radius 3 is 2.48 bits per heavy atom. The molecule has 2 aromatic rings. The molecule has 2 aromatic carbocycles. The summed E-state index contributed by atoms with van der Waals surface area (Å²) in [5, 5.41) is 9.05. The quantitative estimate of drug-likeness (QED) is 0.487. The van der Waals surface area contributed by atoms with Crippen LogP contribution in [0.15, 0.2) is 53.4 Å². The average Bonchev–Trinajstić information content (AvgIpc) is 2.87. The summed E-state index contributed by atoms with van der Waals surface area (Å²) in [5.74, 6) is -0.833. The second kappa shape index (κ2) is 11.4. The predicted molar refractivity (Wildman–Crippen MR) is 125 cm³/mol. The van der Waals surface area contributed by atoms with E-state index in [4.69, 9.17) is 5.11 Å². The van der Waals surface area contributed by atoms with Gasteiger partial charge in [-0.3, -0.25) is 4.79 Å². The predicted octanol–water partition coefficient (Wildman–Crippen LogP) is 5.76. The molecule has 0 amide bonds. The Morgan fingerprint density at radius 2 is 1.82 bits per heavy atom. The highest BCUT2D eigenvalue weighted by Crippen LogP contribution is 2.32. The summed E-state index contributed by atoms with van der Waals surface area (Å²) in [7, 11) is 0. The summed E-state index contributed by atoms with van der Waals surface area (Å²) in [4.78, 5) is 14.5. The van der Waals surface area contributed by atoms with Gasteiger partial charge in [0.25, 0.3) is 0 Å². The van der Waals surface area contributed by atoms with Gasteiger partial charge in [0, 0.05) is 23.5 Å². The van der Waals surface area contributed by atoms with Gasteiger partial charge in [-0.15, -0.1) is 0 Å². The smallest absolute Gasteiger partial charge is 0.416 e. The molecule has 2 atom stereocenters. The molecule has 1 aliphatic rings. The SMILES string of the molecule is CC1CCN(CCCc2ccc(C(F)(F)F)cc2)CC(C)N1Sc1cccc(CC(=O)O)c1. The van der Waals surface area contributed by atoms with Gasteiger partial charge in [0.05, 0.1) is 12.0 Å². The Morgan fingerprint density at radius 1 is 1.09 bits per heavy atom. The number of benzene rings is 2. The molecule has 1 fully saturated rings. The number of carbonyl (C=O) groups is 1. The van der Waals surface area contributed by atoms with Gasteiger partial charge in [-0.25, -0.2) is 4.31 Å². The molecule has 0 radical (unpaired) electrons. The highest BCUT2D eigenvalue weighted by molar-refractivity contribution is 7.97. The molecule has 1 saturated heterocycles. The van der Waals surface area contributed by atoms with E-state index in [0.29, 0.717) is 12.1 Å². The molecule has 4 nitrogen and oxygen atoms in total. The summed E-state index contributed by atoms with van der Waals surface area (Å²) in [6.07, 6.45) is -1.60. The van der Waals surface area contributed by atoms with Crippen molar-refractivity contribution in [1.82, 2.24) is 9.21 Å². The van der Waals surface area contributed by atoms with Crippen molar-refractivity contribution in [3.05, 3.63) is 65.2 Å². The lowest BCUT2D eigenvalue weighted by Crippen LogP contribution is -2.38. The zero-order valence-electron chi connectivity index (χ0n) is 19.0. The minimum atomic E-state index is -4.29. The van der Waals surface area contributed by atoms with E-state index >= 15 is 0 Å². The number of carboxylic acid groups (broad SMARTS) is 1. The van der Waals surface area contributed by atoms with Crippen molar-refractivity contribution in [3.8, 4) is 0 Å². The van der Waals surface area contributed by atoms with Crippen LogP contribution in [0.4, 0.5) is 13.2 Å². The van der Waals surface area contributed by atoms with Crippen LogP contribution < -0.4 is 0 Å². The summed E-state index contributed by atoms with van der Waals surface area (Å²) in [6.45, 7) is 7.23. The second-order valence-electron chi connectivity index (χ2n) is 8.75. The van der Waals surface area contributed by atoms with Crippen molar-refractivity contribution in [1.29, 1.82) is 0 Å². The summed E-state index contributed by atoms with van der Waals surface area (Å²) in [6, 6.07) is 13.9. The third kappa shape index (κ3) is 7.76. The Kier molecular flexibility index (Phi) is 8.84. The fourth-order valence-corrected chi connectivity index (χ4v) is 5.35. The number of halogens is 3. The van der Waals surface area contributed by atoms with E-state index in [-0.39, 0.29) is 6.42 Å². The lowest BCUT2D eigenvalue weighted by molar-refractivity contribution is -0.138. The first-order valence-corrected chi connectivity index (χ1v) is 12.0. The van der Waals surface area contributed by atoms with Crippen LogP contribution in [0.1, 0.15) is 43.4 Å². The number of hydrogen-bond acceptors (Lipinski definition) is 4. The van der Waals surface area contributed by atoms with Crippen molar-refractivity contribution < 1.29 is 23.1 Å². The fraction of sp³-hybridized carbons (Fsp3) is 0.480. The number of aliphatic carboxylic acids is 1. The molecular weight excluding hydrogens is 449 g/mol. The molecule has 2 unspecified atom stereocenters. The van der Waals surface area contributed by atoms with Gasteiger partial charge in [-0.05, 0) is 93.5 Å². The van der Waals surface area contributed by atoms with E-state index in [1.807, 2.05) is 24.3 Å². The van der Waals surface area contributed by atoms with Crippen LogP contribution in [-0.4, -0.2) is 52.0 Å². The van der Waals surface area contributed by atoms with Crippen LogP contribution in [0.5, 0.6) is 0 Å². The minimum absolute atomic E-state index is 0.0201. The van der Waals surface area contributed by atoms with E-state index in [1.54, 1.807) is 24.1 Å². The number of hydrogen-bond donors (Lipinski definition) is 1. The Balaban J connectivity index is 1.52. The topological polar surface area (TPSA) is 43.8 Å². The molecule has 1 aliphatic heterocycles. The molecule has 8 heteroatoms. The monoisotopic (exact) mass is 480 g/mol. The van der Waals surface area contributed by atoms with Crippen LogP contribution in [0.2, 0.25) is 0 Å². The summed E-state index contributed by atoms with van der Waals surface area (Å²) < 4.78 is 40.6. The molecule has 0 saturated carbocycles. The Bertz CT molecular complexity index is 921. The van der Waals surface area contributed by atoms with E-state index in [1.165, 1.54) is 0 Å². The van der Waals surface area contributed by atoms with Crippen molar-refractivity contribution in [3.63, 3.8) is 0 Å². The van der Waals surface area contributed by atoms with Gasteiger partial charge in [0.2, 0.25) is 0 Å². The zero-order chi connectivity index (χ0) is 24.0. The van der Waals surface area contributed by atoms with Crippen LogP contribution >= 0.6 is 11.9 Å².